The van der Waals surface area contributed by atoms with Crippen LogP contribution in [0.4, 0.5) is 0 Å². The van der Waals surface area contributed by atoms with Gasteiger partial charge in [-0.1, -0.05) is 38.5 Å². The molecule has 1 aromatic heterocycles. The van der Waals surface area contributed by atoms with Gasteiger partial charge in [0.15, 0.2) is 0 Å². The Bertz CT molecular complexity index is 533. The number of unbranched alkanes of at least 4 members (excludes halogenated alkanes) is 1. The summed E-state index contributed by atoms with van der Waals surface area (Å²) in [6.07, 6.45) is 2.54. The highest BCUT2D eigenvalue weighted by Crippen LogP contribution is 2.32. The van der Waals surface area contributed by atoms with Gasteiger partial charge in [0.25, 0.3) is 0 Å². The first kappa shape index (κ1) is 15.5. The van der Waals surface area contributed by atoms with Gasteiger partial charge in [0.1, 0.15) is 0 Å². The Morgan fingerprint density at radius 1 is 1.20 bits per heavy atom. The predicted molar refractivity (Wildman–Crippen MR) is 90.4 cm³/mol. The number of rotatable bonds is 8. The Labute approximate surface area is 126 Å². The van der Waals surface area contributed by atoms with Gasteiger partial charge in [-0.3, -0.25) is 0 Å². The molecule has 2 aromatic rings. The molecule has 3 heteroatoms. The van der Waals surface area contributed by atoms with E-state index in [0.717, 1.165) is 19.6 Å². The number of nitrogens with one attached hydrogen (secondary N) is 1. The summed E-state index contributed by atoms with van der Waals surface area (Å²) in [5.74, 6) is 0. The average molecular weight is 290 g/mol. The van der Waals surface area contributed by atoms with Crippen molar-refractivity contribution in [2.24, 2.45) is 0 Å². The maximum atomic E-state index is 3.47. The third kappa shape index (κ3) is 3.81. The van der Waals surface area contributed by atoms with Gasteiger partial charge < -0.3 is 10.2 Å². The van der Waals surface area contributed by atoms with Crippen molar-refractivity contribution in [1.29, 1.82) is 0 Å². The van der Waals surface area contributed by atoms with Crippen LogP contribution in [0, 0.1) is 0 Å². The van der Waals surface area contributed by atoms with Crippen molar-refractivity contribution in [3.8, 4) is 0 Å². The SMILES string of the molecule is CCCCN(C)Cc1c(CNCC)sc2ccccc12. The van der Waals surface area contributed by atoms with Crippen LogP contribution < -0.4 is 5.32 Å². The molecule has 0 aliphatic heterocycles. The van der Waals surface area contributed by atoms with E-state index in [0.29, 0.717) is 0 Å². The van der Waals surface area contributed by atoms with E-state index in [9.17, 15) is 0 Å². The fraction of sp³-hybridized carbons (Fsp3) is 0.529. The topological polar surface area (TPSA) is 15.3 Å². The van der Waals surface area contributed by atoms with Gasteiger partial charge in [-0.25, -0.2) is 0 Å². The lowest BCUT2D eigenvalue weighted by molar-refractivity contribution is 0.321. The zero-order valence-electron chi connectivity index (χ0n) is 12.9. The average Bonchev–Trinajstić information content (AvgIpc) is 2.81. The molecule has 0 fully saturated rings. The summed E-state index contributed by atoms with van der Waals surface area (Å²) in [5, 5.41) is 4.91. The van der Waals surface area contributed by atoms with E-state index in [2.05, 4.69) is 55.4 Å². The second-order valence-corrected chi connectivity index (χ2v) is 6.51. The third-order valence-electron chi connectivity index (χ3n) is 3.64. The van der Waals surface area contributed by atoms with Crippen LogP contribution in [0.2, 0.25) is 0 Å². The minimum atomic E-state index is 0.993. The van der Waals surface area contributed by atoms with E-state index in [4.69, 9.17) is 0 Å². The Morgan fingerprint density at radius 2 is 2.00 bits per heavy atom. The Balaban J connectivity index is 2.23. The fourth-order valence-electron chi connectivity index (χ4n) is 2.48. The minimum absolute atomic E-state index is 0.993. The van der Waals surface area contributed by atoms with Crippen LogP contribution in [0.1, 0.15) is 37.1 Å². The molecular formula is C17H26N2S. The number of fused-ring (bicyclic) bond motifs is 1. The van der Waals surface area contributed by atoms with Crippen molar-refractivity contribution in [2.45, 2.75) is 39.8 Å². The van der Waals surface area contributed by atoms with E-state index in [1.165, 1.54) is 39.9 Å². The number of benzene rings is 1. The summed E-state index contributed by atoms with van der Waals surface area (Å²) >= 11 is 1.94. The third-order valence-corrected chi connectivity index (χ3v) is 4.85. The summed E-state index contributed by atoms with van der Waals surface area (Å²) in [6, 6.07) is 8.80. The molecule has 0 radical (unpaired) electrons. The Kier molecular flexibility index (Phi) is 6.02. The van der Waals surface area contributed by atoms with Crippen molar-refractivity contribution in [3.05, 3.63) is 34.7 Å². The number of hydrogen-bond acceptors (Lipinski definition) is 3. The highest BCUT2D eigenvalue weighted by molar-refractivity contribution is 7.19. The molecule has 110 valence electrons. The fourth-order valence-corrected chi connectivity index (χ4v) is 3.67. The first-order valence-electron chi connectivity index (χ1n) is 7.64. The number of hydrogen-bond donors (Lipinski definition) is 1. The standard InChI is InChI=1S/C17H26N2S/c1-4-6-11-19(3)13-15-14-9-7-8-10-16(14)20-17(15)12-18-5-2/h7-10,18H,4-6,11-13H2,1-3H3. The Morgan fingerprint density at radius 3 is 2.75 bits per heavy atom. The largest absolute Gasteiger partial charge is 0.312 e. The van der Waals surface area contributed by atoms with Crippen molar-refractivity contribution >= 4 is 21.4 Å². The molecule has 1 N–H and O–H groups in total. The molecule has 2 rings (SSSR count). The smallest absolute Gasteiger partial charge is 0.0349 e. The monoisotopic (exact) mass is 290 g/mol. The van der Waals surface area contributed by atoms with E-state index < -0.39 is 0 Å². The van der Waals surface area contributed by atoms with Gasteiger partial charge in [-0.05, 0) is 43.6 Å². The van der Waals surface area contributed by atoms with Gasteiger partial charge in [-0.2, -0.15) is 0 Å². The lowest BCUT2D eigenvalue weighted by atomic mass is 10.1. The molecule has 0 atom stereocenters. The van der Waals surface area contributed by atoms with Crippen molar-refractivity contribution in [2.75, 3.05) is 20.1 Å². The highest BCUT2D eigenvalue weighted by Gasteiger charge is 2.13. The Hall–Kier alpha value is -0.900. The molecule has 0 aliphatic carbocycles. The van der Waals surface area contributed by atoms with Crippen molar-refractivity contribution in [3.63, 3.8) is 0 Å². The summed E-state index contributed by atoms with van der Waals surface area (Å²) in [5.41, 5.74) is 1.52. The second-order valence-electron chi connectivity index (χ2n) is 5.37. The summed E-state index contributed by atoms with van der Waals surface area (Å²) in [7, 11) is 2.24. The van der Waals surface area contributed by atoms with Crippen LogP contribution in [0.25, 0.3) is 10.1 Å². The van der Waals surface area contributed by atoms with Gasteiger partial charge in [0, 0.05) is 22.7 Å². The molecule has 0 saturated heterocycles. The van der Waals surface area contributed by atoms with Crippen LogP contribution >= 0.6 is 11.3 Å². The molecule has 0 unspecified atom stereocenters. The molecule has 1 heterocycles. The maximum Gasteiger partial charge on any atom is 0.0349 e. The lowest BCUT2D eigenvalue weighted by Crippen LogP contribution is -2.20. The first-order chi connectivity index (χ1) is 9.76. The molecule has 2 nitrogen and oxygen atoms in total. The molecule has 0 saturated carbocycles. The van der Waals surface area contributed by atoms with Crippen LogP contribution in [0.5, 0.6) is 0 Å². The highest BCUT2D eigenvalue weighted by atomic mass is 32.1. The second kappa shape index (κ2) is 7.77. The van der Waals surface area contributed by atoms with Crippen molar-refractivity contribution < 1.29 is 0 Å². The molecule has 20 heavy (non-hydrogen) atoms. The maximum absolute atomic E-state index is 3.47. The minimum Gasteiger partial charge on any atom is -0.312 e. The van der Waals surface area contributed by atoms with Crippen LogP contribution in [0.3, 0.4) is 0 Å². The first-order valence-corrected chi connectivity index (χ1v) is 8.46. The molecule has 0 spiro atoms. The molecule has 1 aromatic carbocycles. The van der Waals surface area contributed by atoms with E-state index in [-0.39, 0.29) is 0 Å². The molecule has 0 bridgehead atoms. The van der Waals surface area contributed by atoms with E-state index in [1.807, 2.05) is 11.3 Å². The number of nitrogens with zero attached hydrogens (tertiary/aromatic N) is 1. The van der Waals surface area contributed by atoms with Gasteiger partial charge in [-0.15, -0.1) is 11.3 Å². The van der Waals surface area contributed by atoms with Crippen molar-refractivity contribution in [1.82, 2.24) is 10.2 Å². The normalized spacial score (nSPS) is 11.6. The van der Waals surface area contributed by atoms with Gasteiger partial charge >= 0.3 is 0 Å². The zero-order chi connectivity index (χ0) is 14.4. The molecule has 0 aliphatic rings. The zero-order valence-corrected chi connectivity index (χ0v) is 13.7. The molecule has 0 amide bonds. The lowest BCUT2D eigenvalue weighted by Gasteiger charge is -2.17. The quantitative estimate of drug-likeness (QED) is 0.782. The summed E-state index contributed by atoms with van der Waals surface area (Å²) < 4.78 is 1.42. The summed E-state index contributed by atoms with van der Waals surface area (Å²) in [6.45, 7) is 8.68. The van der Waals surface area contributed by atoms with Crippen LogP contribution in [0.15, 0.2) is 24.3 Å². The van der Waals surface area contributed by atoms with Crippen LogP contribution in [-0.2, 0) is 13.1 Å². The number of thiophene rings is 1. The van der Waals surface area contributed by atoms with E-state index >= 15 is 0 Å². The van der Waals surface area contributed by atoms with Gasteiger partial charge in [0.2, 0.25) is 0 Å². The van der Waals surface area contributed by atoms with E-state index in [1.54, 1.807) is 0 Å². The molecular weight excluding hydrogens is 264 g/mol. The van der Waals surface area contributed by atoms with Gasteiger partial charge in [0.05, 0.1) is 0 Å². The predicted octanol–water partition coefficient (Wildman–Crippen LogP) is 4.24. The summed E-state index contributed by atoms with van der Waals surface area (Å²) in [4.78, 5) is 3.95. The van der Waals surface area contributed by atoms with Crippen LogP contribution in [-0.4, -0.2) is 25.0 Å².